The molecule has 0 aliphatic carbocycles. The molecule has 0 spiro atoms. The second-order valence-corrected chi connectivity index (χ2v) is 9.77. The number of methoxy groups -OCH3 is 1. The molecular formula is C31H30N6O3. The predicted octanol–water partition coefficient (Wildman–Crippen LogP) is 4.88. The van der Waals surface area contributed by atoms with Gasteiger partial charge in [0.15, 0.2) is 11.6 Å². The number of carbonyl (C=O) groups excluding carboxylic acids is 1. The first-order valence-electron chi connectivity index (χ1n) is 13.3. The Morgan fingerprint density at radius 2 is 1.85 bits per heavy atom. The summed E-state index contributed by atoms with van der Waals surface area (Å²) < 4.78 is 10.9. The maximum Gasteiger partial charge on any atom is 0.162 e. The molecule has 2 N–H and O–H groups in total. The summed E-state index contributed by atoms with van der Waals surface area (Å²) in [6.07, 6.45) is 4.02. The van der Waals surface area contributed by atoms with E-state index < -0.39 is 0 Å². The highest BCUT2D eigenvalue weighted by molar-refractivity contribution is 5.93. The normalized spacial score (nSPS) is 13.8. The zero-order chi connectivity index (χ0) is 27.3. The van der Waals surface area contributed by atoms with Crippen molar-refractivity contribution in [3.63, 3.8) is 0 Å². The number of nitrogens with zero attached hydrogens (tertiary/aromatic N) is 4. The standard InChI is InChI=1S/C31H30N6O3/c1-39-27-9-10-29-28(17-27)31(34-25-7-5-22(6-8-25)24-18-32-33-19-24)36-30(35-29)23-4-2-3-21(15-23)16-26(38)20-37-11-13-40-14-12-37/h2-10,15,17-19H,11-14,16,20H2,1H3,(H,32,33)(H,34,35,36). The van der Waals surface area contributed by atoms with Crippen molar-refractivity contribution in [3.05, 3.63) is 84.7 Å². The Morgan fingerprint density at radius 3 is 2.62 bits per heavy atom. The van der Waals surface area contributed by atoms with E-state index >= 15 is 0 Å². The van der Waals surface area contributed by atoms with Crippen LogP contribution >= 0.6 is 0 Å². The number of anilines is 2. The van der Waals surface area contributed by atoms with E-state index in [0.29, 0.717) is 37.8 Å². The number of H-pyrrole nitrogens is 1. The number of hydrogen-bond acceptors (Lipinski definition) is 8. The molecule has 1 aliphatic rings. The van der Waals surface area contributed by atoms with Crippen LogP contribution in [0.15, 0.2) is 79.1 Å². The summed E-state index contributed by atoms with van der Waals surface area (Å²) in [6.45, 7) is 3.39. The van der Waals surface area contributed by atoms with Crippen molar-refractivity contribution in [1.82, 2.24) is 25.1 Å². The monoisotopic (exact) mass is 534 g/mol. The quantitative estimate of drug-likeness (QED) is 0.276. The molecule has 0 unspecified atom stereocenters. The summed E-state index contributed by atoms with van der Waals surface area (Å²) >= 11 is 0. The van der Waals surface area contributed by atoms with Crippen LogP contribution in [-0.4, -0.2) is 70.8 Å². The molecule has 1 aliphatic heterocycles. The minimum atomic E-state index is 0.187. The number of ketones is 1. The average Bonchev–Trinajstić information content (AvgIpc) is 3.53. The van der Waals surface area contributed by atoms with E-state index in [2.05, 4.69) is 20.4 Å². The third kappa shape index (κ3) is 5.85. The van der Waals surface area contributed by atoms with E-state index in [1.807, 2.05) is 72.9 Å². The van der Waals surface area contributed by atoms with Crippen LogP contribution in [0.4, 0.5) is 11.5 Å². The van der Waals surface area contributed by atoms with Crippen molar-refractivity contribution in [2.45, 2.75) is 6.42 Å². The minimum Gasteiger partial charge on any atom is -0.497 e. The highest BCUT2D eigenvalue weighted by Gasteiger charge is 2.16. The molecule has 3 heterocycles. The Hall–Kier alpha value is -4.60. The smallest absolute Gasteiger partial charge is 0.162 e. The molecule has 0 radical (unpaired) electrons. The van der Waals surface area contributed by atoms with Crippen molar-refractivity contribution in [2.24, 2.45) is 0 Å². The lowest BCUT2D eigenvalue weighted by Crippen LogP contribution is -2.39. The van der Waals surface area contributed by atoms with Crippen molar-refractivity contribution in [2.75, 3.05) is 45.3 Å². The molecule has 9 heteroatoms. The molecule has 0 atom stereocenters. The largest absolute Gasteiger partial charge is 0.497 e. The Kier molecular flexibility index (Phi) is 7.47. The molecule has 3 aromatic carbocycles. The number of fused-ring (bicyclic) bond motifs is 1. The fraction of sp³-hybridized carbons (Fsp3) is 0.226. The molecule has 6 rings (SSSR count). The Labute approximate surface area is 232 Å². The van der Waals surface area contributed by atoms with Gasteiger partial charge in [-0.05, 0) is 47.5 Å². The number of ether oxygens (including phenoxy) is 2. The van der Waals surface area contributed by atoms with E-state index in [4.69, 9.17) is 19.4 Å². The van der Waals surface area contributed by atoms with Gasteiger partial charge in [-0.2, -0.15) is 5.10 Å². The van der Waals surface area contributed by atoms with Crippen LogP contribution in [0.2, 0.25) is 0 Å². The van der Waals surface area contributed by atoms with Gasteiger partial charge in [-0.25, -0.2) is 9.97 Å². The predicted molar refractivity (Wildman–Crippen MR) is 155 cm³/mol. The summed E-state index contributed by atoms with van der Waals surface area (Å²) in [7, 11) is 1.64. The Bertz CT molecular complexity index is 1610. The molecule has 202 valence electrons. The van der Waals surface area contributed by atoms with Crippen LogP contribution in [0, 0.1) is 0 Å². The second-order valence-electron chi connectivity index (χ2n) is 9.77. The molecule has 0 saturated carbocycles. The lowest BCUT2D eigenvalue weighted by atomic mass is 10.0. The van der Waals surface area contributed by atoms with Crippen LogP contribution in [-0.2, 0) is 16.0 Å². The summed E-state index contributed by atoms with van der Waals surface area (Å²) in [6, 6.07) is 21.8. The first kappa shape index (κ1) is 25.7. The van der Waals surface area contributed by atoms with Crippen LogP contribution < -0.4 is 10.1 Å². The van der Waals surface area contributed by atoms with Crippen LogP contribution in [0.1, 0.15) is 5.56 Å². The maximum atomic E-state index is 12.8. The summed E-state index contributed by atoms with van der Waals surface area (Å²) in [5, 5.41) is 11.2. The van der Waals surface area contributed by atoms with Crippen molar-refractivity contribution >= 4 is 28.2 Å². The first-order valence-corrected chi connectivity index (χ1v) is 13.3. The zero-order valence-electron chi connectivity index (χ0n) is 22.3. The molecule has 9 nitrogen and oxygen atoms in total. The van der Waals surface area contributed by atoms with E-state index in [9.17, 15) is 4.79 Å². The highest BCUT2D eigenvalue weighted by atomic mass is 16.5. The van der Waals surface area contributed by atoms with Gasteiger partial charge >= 0.3 is 0 Å². The van der Waals surface area contributed by atoms with Gasteiger partial charge in [0.25, 0.3) is 0 Å². The fourth-order valence-electron chi connectivity index (χ4n) is 4.86. The molecular weight excluding hydrogens is 504 g/mol. The van der Waals surface area contributed by atoms with Gasteiger partial charge in [0, 0.05) is 47.9 Å². The molecule has 5 aromatic rings. The van der Waals surface area contributed by atoms with E-state index in [0.717, 1.165) is 57.7 Å². The SMILES string of the molecule is COc1ccc2nc(-c3cccc(CC(=O)CN4CCOCC4)c3)nc(Nc3ccc(-c4cn[nH]c4)cc3)c2c1. The van der Waals surface area contributed by atoms with Crippen molar-refractivity contribution in [1.29, 1.82) is 0 Å². The lowest BCUT2D eigenvalue weighted by molar-refractivity contribution is -0.120. The number of rotatable bonds is 9. The summed E-state index contributed by atoms with van der Waals surface area (Å²) in [5.41, 5.74) is 5.57. The number of nitrogens with one attached hydrogen (secondary N) is 2. The molecule has 1 fully saturated rings. The zero-order valence-corrected chi connectivity index (χ0v) is 22.3. The van der Waals surface area contributed by atoms with Crippen molar-refractivity contribution in [3.8, 4) is 28.3 Å². The van der Waals surface area contributed by atoms with Crippen LogP contribution in [0.3, 0.4) is 0 Å². The van der Waals surface area contributed by atoms with Crippen LogP contribution in [0.25, 0.3) is 33.4 Å². The van der Waals surface area contributed by atoms with E-state index in [1.54, 1.807) is 13.3 Å². The van der Waals surface area contributed by atoms with Gasteiger partial charge < -0.3 is 14.8 Å². The molecule has 0 amide bonds. The van der Waals surface area contributed by atoms with Gasteiger partial charge in [0.1, 0.15) is 11.6 Å². The average molecular weight is 535 g/mol. The second kappa shape index (κ2) is 11.6. The van der Waals surface area contributed by atoms with Crippen LogP contribution in [0.5, 0.6) is 5.75 Å². The molecule has 0 bridgehead atoms. The third-order valence-corrected chi connectivity index (χ3v) is 6.97. The van der Waals surface area contributed by atoms with Gasteiger partial charge in [-0.1, -0.05) is 30.3 Å². The van der Waals surface area contributed by atoms with Crippen molar-refractivity contribution < 1.29 is 14.3 Å². The first-order chi connectivity index (χ1) is 19.6. The molecule has 1 saturated heterocycles. The fourth-order valence-corrected chi connectivity index (χ4v) is 4.86. The number of benzene rings is 3. The van der Waals surface area contributed by atoms with Gasteiger partial charge in [-0.3, -0.25) is 14.8 Å². The summed E-state index contributed by atoms with van der Waals surface area (Å²) in [5.74, 6) is 2.16. The molecule has 40 heavy (non-hydrogen) atoms. The third-order valence-electron chi connectivity index (χ3n) is 6.97. The highest BCUT2D eigenvalue weighted by Crippen LogP contribution is 2.31. The summed E-state index contributed by atoms with van der Waals surface area (Å²) in [4.78, 5) is 24.7. The van der Waals surface area contributed by atoms with E-state index in [1.165, 1.54) is 0 Å². The number of hydrogen-bond donors (Lipinski definition) is 2. The lowest BCUT2D eigenvalue weighted by Gasteiger charge is -2.25. The van der Waals surface area contributed by atoms with Gasteiger partial charge in [0.05, 0.1) is 38.6 Å². The number of Topliss-reactive ketones (excluding diaryl/α,β-unsaturated/α-hetero) is 1. The van der Waals surface area contributed by atoms with Gasteiger partial charge in [-0.15, -0.1) is 0 Å². The number of aromatic amines is 1. The Balaban J connectivity index is 1.29. The number of carbonyl (C=O) groups is 1. The topological polar surface area (TPSA) is 105 Å². The maximum absolute atomic E-state index is 12.8. The minimum absolute atomic E-state index is 0.187. The van der Waals surface area contributed by atoms with Gasteiger partial charge in [0.2, 0.25) is 0 Å². The number of aromatic nitrogens is 4. The molecule has 2 aromatic heterocycles. The van der Waals surface area contributed by atoms with E-state index in [-0.39, 0.29) is 5.78 Å². The Morgan fingerprint density at radius 1 is 1.00 bits per heavy atom. The number of morpholine rings is 1.